The van der Waals surface area contributed by atoms with Gasteiger partial charge in [-0.15, -0.1) is 0 Å². The summed E-state index contributed by atoms with van der Waals surface area (Å²) in [6.07, 6.45) is 4.65. The van der Waals surface area contributed by atoms with E-state index < -0.39 is 0 Å². The Balaban J connectivity index is 1.83. The molecule has 0 saturated carbocycles. The largest absolute Gasteiger partial charge is 0.394 e. The molecule has 104 valence electrons. The van der Waals surface area contributed by atoms with Gasteiger partial charge >= 0.3 is 0 Å². The first-order valence-electron chi connectivity index (χ1n) is 7.30. The van der Waals surface area contributed by atoms with Gasteiger partial charge in [0.05, 0.1) is 12.1 Å². The lowest BCUT2D eigenvalue weighted by Crippen LogP contribution is -2.55. The van der Waals surface area contributed by atoms with E-state index in [-0.39, 0.29) is 12.1 Å². The molecule has 2 N–H and O–H groups in total. The fourth-order valence-corrected chi connectivity index (χ4v) is 3.84. The highest BCUT2D eigenvalue weighted by Gasteiger charge is 2.46. The van der Waals surface area contributed by atoms with Crippen LogP contribution in [0.3, 0.4) is 0 Å². The van der Waals surface area contributed by atoms with Crippen molar-refractivity contribution in [1.82, 2.24) is 4.90 Å². The third kappa shape index (κ3) is 2.26. The Labute approximate surface area is 115 Å². The van der Waals surface area contributed by atoms with E-state index in [4.69, 9.17) is 0 Å². The molecule has 0 amide bonds. The van der Waals surface area contributed by atoms with Crippen LogP contribution < -0.4 is 5.32 Å². The lowest BCUT2D eigenvalue weighted by molar-refractivity contribution is 0.0833. The van der Waals surface area contributed by atoms with Gasteiger partial charge in [-0.1, -0.05) is 18.2 Å². The number of aliphatic hydroxyl groups is 1. The number of piperidine rings is 1. The van der Waals surface area contributed by atoms with Gasteiger partial charge < -0.3 is 15.3 Å². The highest BCUT2D eigenvalue weighted by Crippen LogP contribution is 2.41. The number of fused-ring (bicyclic) bond motifs is 2. The number of nitrogens with zero attached hydrogens (tertiary/aromatic N) is 1. The summed E-state index contributed by atoms with van der Waals surface area (Å²) in [6.45, 7) is 2.35. The van der Waals surface area contributed by atoms with Crippen LogP contribution in [0.4, 0.5) is 5.69 Å². The van der Waals surface area contributed by atoms with Crippen molar-refractivity contribution in [3.05, 3.63) is 29.8 Å². The number of anilines is 1. The maximum absolute atomic E-state index is 9.96. The summed E-state index contributed by atoms with van der Waals surface area (Å²) in [5, 5.41) is 13.6. The summed E-state index contributed by atoms with van der Waals surface area (Å²) in [5.41, 5.74) is 2.28. The molecular weight excluding hydrogens is 236 g/mol. The van der Waals surface area contributed by atoms with Crippen molar-refractivity contribution >= 4 is 5.69 Å². The molecule has 2 saturated heterocycles. The monoisotopic (exact) mass is 260 g/mol. The number of para-hydroxylation sites is 1. The van der Waals surface area contributed by atoms with Gasteiger partial charge in [-0.25, -0.2) is 0 Å². The van der Waals surface area contributed by atoms with E-state index in [2.05, 4.69) is 48.5 Å². The van der Waals surface area contributed by atoms with Crippen LogP contribution in [-0.2, 0) is 0 Å². The van der Waals surface area contributed by atoms with Crippen LogP contribution in [0.15, 0.2) is 24.3 Å². The number of hydrogen-bond acceptors (Lipinski definition) is 3. The Morgan fingerprint density at radius 1 is 1.26 bits per heavy atom. The van der Waals surface area contributed by atoms with E-state index >= 15 is 0 Å². The predicted molar refractivity (Wildman–Crippen MR) is 78.4 cm³/mol. The summed E-state index contributed by atoms with van der Waals surface area (Å²) in [7, 11) is 2.23. The Morgan fingerprint density at radius 3 is 2.47 bits per heavy atom. The first-order chi connectivity index (χ1) is 9.13. The second-order valence-electron chi connectivity index (χ2n) is 6.34. The van der Waals surface area contributed by atoms with Gasteiger partial charge in [0, 0.05) is 17.8 Å². The molecule has 0 spiro atoms. The van der Waals surface area contributed by atoms with Crippen LogP contribution in [0.1, 0.15) is 31.2 Å². The van der Waals surface area contributed by atoms with Crippen molar-refractivity contribution in [1.29, 1.82) is 0 Å². The van der Waals surface area contributed by atoms with Crippen LogP contribution in [0.25, 0.3) is 0 Å². The van der Waals surface area contributed by atoms with E-state index in [0.29, 0.717) is 12.1 Å². The zero-order valence-electron chi connectivity index (χ0n) is 11.9. The quantitative estimate of drug-likeness (QED) is 0.876. The highest BCUT2D eigenvalue weighted by atomic mass is 16.3. The van der Waals surface area contributed by atoms with Crippen molar-refractivity contribution in [3.8, 4) is 0 Å². The van der Waals surface area contributed by atoms with Gasteiger partial charge in [0.2, 0.25) is 0 Å². The first-order valence-corrected chi connectivity index (χ1v) is 7.30. The molecule has 2 atom stereocenters. The maximum atomic E-state index is 9.96. The standard InChI is InChI=1S/C16H24N2O/c1-12-5-3-4-6-15(12)17-16(11-19)9-13-7-8-14(10-16)18(13)2/h3-6,13-14,17,19H,7-11H2,1-2H3. The molecule has 0 aromatic heterocycles. The molecule has 0 radical (unpaired) electrons. The topological polar surface area (TPSA) is 35.5 Å². The molecule has 3 rings (SSSR count). The zero-order valence-corrected chi connectivity index (χ0v) is 11.9. The number of benzene rings is 1. The Morgan fingerprint density at radius 2 is 1.89 bits per heavy atom. The van der Waals surface area contributed by atoms with Crippen molar-refractivity contribution in [2.45, 2.75) is 50.2 Å². The van der Waals surface area contributed by atoms with Crippen LogP contribution in [0, 0.1) is 6.92 Å². The molecular formula is C16H24N2O. The highest BCUT2D eigenvalue weighted by molar-refractivity contribution is 5.52. The molecule has 2 unspecified atom stereocenters. The van der Waals surface area contributed by atoms with Gasteiger partial charge in [0.15, 0.2) is 0 Å². The summed E-state index contributed by atoms with van der Waals surface area (Å²) < 4.78 is 0. The molecule has 2 bridgehead atoms. The van der Waals surface area contributed by atoms with Crippen molar-refractivity contribution in [2.24, 2.45) is 0 Å². The van der Waals surface area contributed by atoms with Crippen LogP contribution in [0.5, 0.6) is 0 Å². The fourth-order valence-electron chi connectivity index (χ4n) is 3.84. The minimum absolute atomic E-state index is 0.134. The molecule has 2 heterocycles. The molecule has 1 aromatic rings. The summed E-state index contributed by atoms with van der Waals surface area (Å²) in [6, 6.07) is 9.61. The number of aliphatic hydroxyl groups excluding tert-OH is 1. The lowest BCUT2D eigenvalue weighted by atomic mass is 9.83. The first kappa shape index (κ1) is 12.9. The van der Waals surface area contributed by atoms with Gasteiger partial charge in [0.25, 0.3) is 0 Å². The van der Waals surface area contributed by atoms with E-state index in [9.17, 15) is 5.11 Å². The molecule has 2 aliphatic heterocycles. The van der Waals surface area contributed by atoms with Crippen LogP contribution >= 0.6 is 0 Å². The van der Waals surface area contributed by atoms with Gasteiger partial charge in [-0.3, -0.25) is 0 Å². The van der Waals surface area contributed by atoms with E-state index in [1.54, 1.807) is 0 Å². The second kappa shape index (κ2) is 4.80. The normalized spacial score (nSPS) is 34.5. The average Bonchev–Trinajstić information content (AvgIpc) is 2.65. The van der Waals surface area contributed by atoms with Gasteiger partial charge in [-0.05, 0) is 51.3 Å². The van der Waals surface area contributed by atoms with E-state index in [1.165, 1.54) is 24.1 Å². The minimum atomic E-state index is -0.134. The molecule has 2 aliphatic rings. The SMILES string of the molecule is Cc1ccccc1NC1(CO)CC2CCC(C1)N2C. The summed E-state index contributed by atoms with van der Waals surface area (Å²) >= 11 is 0. The molecule has 19 heavy (non-hydrogen) atoms. The molecule has 1 aromatic carbocycles. The van der Waals surface area contributed by atoms with Gasteiger partial charge in [-0.2, -0.15) is 0 Å². The predicted octanol–water partition coefficient (Wildman–Crippen LogP) is 2.39. The Kier molecular flexibility index (Phi) is 3.27. The molecule has 0 aliphatic carbocycles. The molecule has 2 fully saturated rings. The zero-order chi connectivity index (χ0) is 13.5. The number of nitrogens with one attached hydrogen (secondary N) is 1. The van der Waals surface area contributed by atoms with Crippen LogP contribution in [-0.4, -0.2) is 41.3 Å². The Bertz CT molecular complexity index is 446. The smallest absolute Gasteiger partial charge is 0.0662 e. The maximum Gasteiger partial charge on any atom is 0.0662 e. The van der Waals surface area contributed by atoms with E-state index in [0.717, 1.165) is 12.8 Å². The Hall–Kier alpha value is -1.06. The average molecular weight is 260 g/mol. The third-order valence-electron chi connectivity index (χ3n) is 5.09. The number of aryl methyl sites for hydroxylation is 1. The number of rotatable bonds is 3. The molecule has 3 nitrogen and oxygen atoms in total. The van der Waals surface area contributed by atoms with Crippen LogP contribution in [0.2, 0.25) is 0 Å². The third-order valence-corrected chi connectivity index (χ3v) is 5.09. The summed E-state index contributed by atoms with van der Waals surface area (Å²) in [5.74, 6) is 0. The van der Waals surface area contributed by atoms with Crippen molar-refractivity contribution in [2.75, 3.05) is 19.0 Å². The van der Waals surface area contributed by atoms with E-state index in [1.807, 2.05) is 0 Å². The minimum Gasteiger partial charge on any atom is -0.394 e. The van der Waals surface area contributed by atoms with Gasteiger partial charge in [0.1, 0.15) is 0 Å². The lowest BCUT2D eigenvalue weighted by Gasteiger charge is -2.45. The van der Waals surface area contributed by atoms with Crippen molar-refractivity contribution < 1.29 is 5.11 Å². The van der Waals surface area contributed by atoms with Crippen molar-refractivity contribution in [3.63, 3.8) is 0 Å². The summed E-state index contributed by atoms with van der Waals surface area (Å²) in [4.78, 5) is 2.51. The second-order valence-corrected chi connectivity index (χ2v) is 6.34. The fraction of sp³-hybridized carbons (Fsp3) is 0.625. The molecule has 3 heteroatoms. The number of hydrogen-bond donors (Lipinski definition) is 2.